The summed E-state index contributed by atoms with van der Waals surface area (Å²) in [6.07, 6.45) is 0. The number of anilines is 3. The first-order valence-electron chi connectivity index (χ1n) is 15.2. The quantitative estimate of drug-likeness (QED) is 0.204. The molecule has 3 nitrogen and oxygen atoms in total. The van der Waals surface area contributed by atoms with Crippen LogP contribution in [-0.4, -0.2) is 0 Å². The zero-order valence-corrected chi connectivity index (χ0v) is 24.4. The molecule has 45 heavy (non-hydrogen) atoms. The molecule has 0 bridgehead atoms. The van der Waals surface area contributed by atoms with Crippen LogP contribution in [0.5, 0.6) is 0 Å². The first-order chi connectivity index (χ1) is 22.3. The van der Waals surface area contributed by atoms with Gasteiger partial charge in [0.15, 0.2) is 0 Å². The van der Waals surface area contributed by atoms with Gasteiger partial charge in [0.2, 0.25) is 0 Å². The van der Waals surface area contributed by atoms with Gasteiger partial charge in [0.25, 0.3) is 0 Å². The van der Waals surface area contributed by atoms with Crippen LogP contribution < -0.4 is 4.90 Å². The van der Waals surface area contributed by atoms with E-state index in [4.69, 9.17) is 8.83 Å². The third kappa shape index (κ3) is 4.29. The fourth-order valence-electron chi connectivity index (χ4n) is 6.51. The van der Waals surface area contributed by atoms with E-state index in [2.05, 4.69) is 150 Å². The first kappa shape index (κ1) is 25.4. The van der Waals surface area contributed by atoms with Gasteiger partial charge in [0.05, 0.1) is 11.1 Å². The van der Waals surface area contributed by atoms with Gasteiger partial charge in [-0.3, -0.25) is 0 Å². The molecule has 0 fully saturated rings. The van der Waals surface area contributed by atoms with Crippen LogP contribution in [0.4, 0.5) is 17.1 Å². The molecule has 0 atom stereocenters. The molecule has 2 aromatic heterocycles. The minimum Gasteiger partial charge on any atom is -0.456 e. The molecule has 2 heterocycles. The van der Waals surface area contributed by atoms with Crippen LogP contribution in [0.2, 0.25) is 0 Å². The summed E-state index contributed by atoms with van der Waals surface area (Å²) in [6.45, 7) is 0. The zero-order valence-electron chi connectivity index (χ0n) is 24.4. The van der Waals surface area contributed by atoms with Crippen LogP contribution in [-0.2, 0) is 0 Å². The van der Waals surface area contributed by atoms with Gasteiger partial charge in [-0.15, -0.1) is 0 Å². The monoisotopic (exact) mass is 577 g/mol. The van der Waals surface area contributed by atoms with Crippen LogP contribution in [0.15, 0.2) is 173 Å². The van der Waals surface area contributed by atoms with Gasteiger partial charge < -0.3 is 13.7 Å². The largest absolute Gasteiger partial charge is 0.456 e. The molecule has 3 heteroatoms. The van der Waals surface area contributed by atoms with E-state index in [0.717, 1.165) is 66.5 Å². The van der Waals surface area contributed by atoms with Crippen molar-refractivity contribution in [3.05, 3.63) is 164 Å². The lowest BCUT2D eigenvalue weighted by molar-refractivity contribution is 0.664. The molecule has 0 saturated heterocycles. The zero-order chi connectivity index (χ0) is 29.7. The van der Waals surface area contributed by atoms with E-state index >= 15 is 0 Å². The normalized spacial score (nSPS) is 11.6. The molecule has 0 radical (unpaired) electrons. The minimum absolute atomic E-state index is 0.840. The van der Waals surface area contributed by atoms with Gasteiger partial charge >= 0.3 is 0 Å². The molecule has 0 spiro atoms. The molecule has 0 aliphatic heterocycles. The Hall–Kier alpha value is -6.06. The van der Waals surface area contributed by atoms with E-state index in [9.17, 15) is 0 Å². The molecule has 9 rings (SSSR count). The van der Waals surface area contributed by atoms with Gasteiger partial charge in [-0.05, 0) is 82.9 Å². The Bertz CT molecular complexity index is 2460. The lowest BCUT2D eigenvalue weighted by Crippen LogP contribution is -2.10. The third-order valence-electron chi connectivity index (χ3n) is 8.66. The highest BCUT2D eigenvalue weighted by Crippen LogP contribution is 2.45. The van der Waals surface area contributed by atoms with Crippen molar-refractivity contribution in [1.29, 1.82) is 0 Å². The molecule has 212 valence electrons. The summed E-state index contributed by atoms with van der Waals surface area (Å²) < 4.78 is 13.1. The highest BCUT2D eigenvalue weighted by atomic mass is 16.3. The topological polar surface area (TPSA) is 29.5 Å². The maximum atomic E-state index is 6.54. The second kappa shape index (κ2) is 10.3. The van der Waals surface area contributed by atoms with Gasteiger partial charge in [0, 0.05) is 27.5 Å². The number of benzene rings is 7. The predicted octanol–water partition coefficient (Wildman–Crippen LogP) is 12.3. The summed E-state index contributed by atoms with van der Waals surface area (Å²) in [7, 11) is 0. The predicted molar refractivity (Wildman–Crippen MR) is 187 cm³/mol. The van der Waals surface area contributed by atoms with Gasteiger partial charge in [-0.25, -0.2) is 0 Å². The smallest absolute Gasteiger partial charge is 0.137 e. The second-order valence-corrected chi connectivity index (χ2v) is 11.4. The average Bonchev–Trinajstić information content (AvgIpc) is 3.66. The number of nitrogens with zero attached hydrogens (tertiary/aromatic N) is 1. The number of hydrogen-bond acceptors (Lipinski definition) is 3. The molecular weight excluding hydrogens is 550 g/mol. The minimum atomic E-state index is 0.840. The van der Waals surface area contributed by atoms with Crippen LogP contribution in [0, 0.1) is 0 Å². The van der Waals surface area contributed by atoms with E-state index in [1.54, 1.807) is 0 Å². The van der Waals surface area contributed by atoms with Crippen molar-refractivity contribution in [3.8, 4) is 22.3 Å². The standard InChI is InChI=1S/C42H27NO2/c1-4-11-28(12-5-1)30-19-22-33(23-20-30)43(32-15-8-3-9-16-32)37-17-10-18-38-42(37)36-27-40-35(26-41(36)44-38)34-24-21-31(25-39(34)45-40)29-13-6-2-7-14-29/h1-27H. The third-order valence-corrected chi connectivity index (χ3v) is 8.66. The average molecular weight is 578 g/mol. The molecular formula is C42H27NO2. The number of furan rings is 2. The Kier molecular flexibility index (Phi) is 5.82. The van der Waals surface area contributed by atoms with Crippen LogP contribution in [0.1, 0.15) is 0 Å². The Balaban J connectivity index is 1.23. The molecule has 7 aromatic carbocycles. The van der Waals surface area contributed by atoms with Gasteiger partial charge in [-0.1, -0.05) is 103 Å². The Morgan fingerprint density at radius 1 is 0.333 bits per heavy atom. The lowest BCUT2D eigenvalue weighted by atomic mass is 10.0. The summed E-state index contributed by atoms with van der Waals surface area (Å²) in [6, 6.07) is 57.2. The Labute approximate surface area is 260 Å². The van der Waals surface area contributed by atoms with E-state index in [1.807, 2.05) is 18.2 Å². The molecule has 0 aliphatic rings. The molecule has 9 aromatic rings. The number of fused-ring (bicyclic) bond motifs is 6. The second-order valence-electron chi connectivity index (χ2n) is 11.4. The van der Waals surface area contributed by atoms with E-state index < -0.39 is 0 Å². The highest BCUT2D eigenvalue weighted by molar-refractivity contribution is 6.18. The highest BCUT2D eigenvalue weighted by Gasteiger charge is 2.21. The maximum Gasteiger partial charge on any atom is 0.137 e. The SMILES string of the molecule is c1ccc(-c2ccc(N(c3ccccc3)c3cccc4oc5cc6c(cc5c34)oc3cc(-c4ccccc4)ccc36)cc2)cc1. The lowest BCUT2D eigenvalue weighted by Gasteiger charge is -2.26. The molecule has 0 N–H and O–H groups in total. The Morgan fingerprint density at radius 3 is 1.60 bits per heavy atom. The molecule has 0 amide bonds. The maximum absolute atomic E-state index is 6.54. The van der Waals surface area contributed by atoms with Crippen molar-refractivity contribution in [2.45, 2.75) is 0 Å². The number of para-hydroxylation sites is 1. The summed E-state index contributed by atoms with van der Waals surface area (Å²) in [5, 5.41) is 4.21. The fraction of sp³-hybridized carbons (Fsp3) is 0. The van der Waals surface area contributed by atoms with Crippen molar-refractivity contribution < 1.29 is 8.83 Å². The first-order valence-corrected chi connectivity index (χ1v) is 15.2. The summed E-state index contributed by atoms with van der Waals surface area (Å²) >= 11 is 0. The van der Waals surface area contributed by atoms with Crippen molar-refractivity contribution in [3.63, 3.8) is 0 Å². The van der Waals surface area contributed by atoms with Crippen LogP contribution in [0.3, 0.4) is 0 Å². The van der Waals surface area contributed by atoms with Crippen LogP contribution in [0.25, 0.3) is 66.1 Å². The van der Waals surface area contributed by atoms with Crippen molar-refractivity contribution in [2.24, 2.45) is 0 Å². The number of hydrogen-bond donors (Lipinski definition) is 0. The summed E-state index contributed by atoms with van der Waals surface area (Å²) in [4.78, 5) is 2.31. The Morgan fingerprint density at radius 2 is 0.867 bits per heavy atom. The molecule has 0 unspecified atom stereocenters. The van der Waals surface area contributed by atoms with Crippen LogP contribution >= 0.6 is 0 Å². The van der Waals surface area contributed by atoms with Crippen molar-refractivity contribution in [2.75, 3.05) is 4.90 Å². The summed E-state index contributed by atoms with van der Waals surface area (Å²) in [5.74, 6) is 0. The van der Waals surface area contributed by atoms with Gasteiger partial charge in [-0.2, -0.15) is 0 Å². The van der Waals surface area contributed by atoms with E-state index in [1.165, 1.54) is 16.7 Å². The molecule has 0 aliphatic carbocycles. The van der Waals surface area contributed by atoms with Crippen molar-refractivity contribution >= 4 is 60.9 Å². The fourth-order valence-corrected chi connectivity index (χ4v) is 6.51. The van der Waals surface area contributed by atoms with Crippen molar-refractivity contribution in [1.82, 2.24) is 0 Å². The number of rotatable bonds is 5. The van der Waals surface area contributed by atoms with E-state index in [-0.39, 0.29) is 0 Å². The summed E-state index contributed by atoms with van der Waals surface area (Å²) in [5.41, 5.74) is 11.3. The molecule has 0 saturated carbocycles. The van der Waals surface area contributed by atoms with E-state index in [0.29, 0.717) is 0 Å². The van der Waals surface area contributed by atoms with Gasteiger partial charge in [0.1, 0.15) is 22.3 Å².